The molecule has 1 unspecified atom stereocenters. The summed E-state index contributed by atoms with van der Waals surface area (Å²) in [5.41, 5.74) is 1.57. The number of aromatic nitrogens is 2. The van der Waals surface area contributed by atoms with E-state index in [2.05, 4.69) is 20.3 Å². The van der Waals surface area contributed by atoms with Crippen molar-refractivity contribution >= 4 is 23.5 Å². The van der Waals surface area contributed by atoms with Crippen LogP contribution in [0.1, 0.15) is 21.7 Å². The van der Waals surface area contributed by atoms with Crippen LogP contribution >= 0.6 is 11.6 Å². The van der Waals surface area contributed by atoms with Crippen molar-refractivity contribution in [2.75, 3.05) is 13.7 Å². The van der Waals surface area contributed by atoms with Gasteiger partial charge in [-0.2, -0.15) is 10.2 Å². The molecule has 1 atom stereocenters. The number of ether oxygens (including phenoxy) is 1. The number of carbonyl (C=O) groups excluding carboxylic acids is 2. The second-order valence-corrected chi connectivity index (χ2v) is 4.21. The van der Waals surface area contributed by atoms with Crippen LogP contribution < -0.4 is 5.32 Å². The van der Waals surface area contributed by atoms with Crippen LogP contribution in [-0.4, -0.2) is 41.1 Å². The summed E-state index contributed by atoms with van der Waals surface area (Å²) in [4.78, 5) is 22.9. The van der Waals surface area contributed by atoms with Crippen LogP contribution in [0.4, 0.5) is 0 Å². The van der Waals surface area contributed by atoms with Gasteiger partial charge in [-0.15, -0.1) is 11.6 Å². The van der Waals surface area contributed by atoms with E-state index in [9.17, 15) is 9.59 Å². The maximum atomic E-state index is 11.8. The fraction of sp³-hybridized carbons (Fsp3) is 0.455. The molecule has 0 aliphatic carbocycles. The van der Waals surface area contributed by atoms with Gasteiger partial charge in [0.1, 0.15) is 5.38 Å². The number of carbonyl (C=O) groups is 2. The second-order valence-electron chi connectivity index (χ2n) is 3.69. The predicted octanol–water partition coefficient (Wildman–Crippen LogP) is 0.604. The molecule has 0 saturated heterocycles. The van der Waals surface area contributed by atoms with Crippen LogP contribution in [0.5, 0.6) is 0 Å². The van der Waals surface area contributed by atoms with E-state index in [1.165, 1.54) is 7.11 Å². The highest BCUT2D eigenvalue weighted by Gasteiger charge is 2.18. The van der Waals surface area contributed by atoms with E-state index in [1.54, 1.807) is 19.9 Å². The van der Waals surface area contributed by atoms with Crippen molar-refractivity contribution in [3.8, 4) is 0 Å². The van der Waals surface area contributed by atoms with Crippen molar-refractivity contribution < 1.29 is 14.3 Å². The normalized spacial score (nSPS) is 11.8. The topological polar surface area (TPSA) is 81.2 Å². The molecule has 1 aromatic rings. The van der Waals surface area contributed by atoms with E-state index < -0.39 is 11.3 Å². The van der Waals surface area contributed by atoms with E-state index in [1.807, 2.05) is 0 Å². The summed E-state index contributed by atoms with van der Waals surface area (Å²) in [6, 6.07) is 1.62. The van der Waals surface area contributed by atoms with Crippen LogP contribution in [0.15, 0.2) is 6.07 Å². The summed E-state index contributed by atoms with van der Waals surface area (Å²) in [6.07, 6.45) is 0. The molecule has 0 aromatic carbocycles. The van der Waals surface area contributed by atoms with Crippen LogP contribution in [0, 0.1) is 13.8 Å². The lowest BCUT2D eigenvalue weighted by molar-refractivity contribution is -0.140. The Labute approximate surface area is 110 Å². The Morgan fingerprint density at radius 2 is 2.11 bits per heavy atom. The van der Waals surface area contributed by atoms with Gasteiger partial charge in [-0.05, 0) is 19.9 Å². The summed E-state index contributed by atoms with van der Waals surface area (Å²) in [6.45, 7) is 3.41. The molecule has 0 radical (unpaired) electrons. The first-order chi connectivity index (χ1) is 8.45. The van der Waals surface area contributed by atoms with Gasteiger partial charge in [-0.25, -0.2) is 0 Å². The third-order valence-electron chi connectivity index (χ3n) is 2.24. The molecule has 1 rings (SSSR count). The van der Waals surface area contributed by atoms with Crippen molar-refractivity contribution in [1.29, 1.82) is 0 Å². The van der Waals surface area contributed by atoms with Gasteiger partial charge in [0.05, 0.1) is 24.1 Å². The average molecular weight is 272 g/mol. The van der Waals surface area contributed by atoms with Gasteiger partial charge in [-0.1, -0.05) is 0 Å². The summed E-state index contributed by atoms with van der Waals surface area (Å²) >= 11 is 5.72. The lowest BCUT2D eigenvalue weighted by Gasteiger charge is -2.10. The molecule has 0 fully saturated rings. The van der Waals surface area contributed by atoms with Gasteiger partial charge in [-0.3, -0.25) is 9.59 Å². The first kappa shape index (κ1) is 14.4. The molecule has 18 heavy (non-hydrogen) atoms. The largest absolute Gasteiger partial charge is 0.468 e. The lowest BCUT2D eigenvalue weighted by Crippen LogP contribution is -2.34. The minimum atomic E-state index is -0.907. The van der Waals surface area contributed by atoms with E-state index in [4.69, 9.17) is 11.6 Å². The highest BCUT2D eigenvalue weighted by atomic mass is 35.5. The Hall–Kier alpha value is -1.69. The molecule has 98 valence electrons. The number of halogens is 1. The summed E-state index contributed by atoms with van der Waals surface area (Å²) in [7, 11) is 1.24. The van der Waals surface area contributed by atoms with Gasteiger partial charge >= 0.3 is 5.97 Å². The van der Waals surface area contributed by atoms with Gasteiger partial charge < -0.3 is 10.1 Å². The van der Waals surface area contributed by atoms with Gasteiger partial charge in [0, 0.05) is 6.54 Å². The molecule has 0 aliphatic heterocycles. The van der Waals surface area contributed by atoms with E-state index >= 15 is 0 Å². The highest BCUT2D eigenvalue weighted by molar-refractivity contribution is 6.30. The van der Waals surface area contributed by atoms with Crippen LogP contribution in [-0.2, 0) is 9.53 Å². The van der Waals surface area contributed by atoms with Gasteiger partial charge in [0.25, 0.3) is 5.91 Å². The Morgan fingerprint density at radius 3 is 2.72 bits per heavy atom. The molecular formula is C11H14ClN3O3. The number of aryl methyl sites for hydroxylation is 2. The molecule has 0 spiro atoms. The molecule has 0 aliphatic rings. The maximum absolute atomic E-state index is 11.8. The zero-order valence-corrected chi connectivity index (χ0v) is 11.1. The maximum Gasteiger partial charge on any atom is 0.325 e. The minimum absolute atomic E-state index is 0.00608. The Bertz CT molecular complexity index is 465. The zero-order valence-electron chi connectivity index (χ0n) is 10.4. The van der Waals surface area contributed by atoms with Gasteiger partial charge in [0.2, 0.25) is 0 Å². The van der Waals surface area contributed by atoms with Gasteiger partial charge in [0.15, 0.2) is 0 Å². The number of nitrogens with zero attached hydrogens (tertiary/aromatic N) is 2. The van der Waals surface area contributed by atoms with Crippen LogP contribution in [0.25, 0.3) is 0 Å². The van der Waals surface area contributed by atoms with Crippen molar-refractivity contribution in [2.45, 2.75) is 19.2 Å². The summed E-state index contributed by atoms with van der Waals surface area (Å²) in [5.74, 6) is -0.933. The molecule has 1 N–H and O–H groups in total. The van der Waals surface area contributed by atoms with Crippen molar-refractivity contribution in [3.63, 3.8) is 0 Å². The Morgan fingerprint density at radius 1 is 1.44 bits per heavy atom. The smallest absolute Gasteiger partial charge is 0.325 e. The number of esters is 1. The van der Waals surface area contributed by atoms with Crippen molar-refractivity contribution in [3.05, 3.63) is 23.0 Å². The van der Waals surface area contributed by atoms with E-state index in [0.717, 1.165) is 0 Å². The summed E-state index contributed by atoms with van der Waals surface area (Å²) in [5, 5.41) is 9.31. The number of alkyl halides is 1. The predicted molar refractivity (Wildman–Crippen MR) is 65.5 cm³/mol. The fourth-order valence-corrected chi connectivity index (χ4v) is 1.43. The lowest BCUT2D eigenvalue weighted by atomic mass is 10.2. The van der Waals surface area contributed by atoms with E-state index in [0.29, 0.717) is 17.0 Å². The standard InChI is InChI=1S/C11H14ClN3O3/c1-6-4-8(7(2)15-14-6)10(16)13-5-9(12)11(17)18-3/h4,9H,5H2,1-3H3,(H,13,16). The first-order valence-corrected chi connectivity index (χ1v) is 5.70. The zero-order chi connectivity index (χ0) is 13.7. The van der Waals surface area contributed by atoms with Crippen LogP contribution in [0.2, 0.25) is 0 Å². The fourth-order valence-electron chi connectivity index (χ4n) is 1.27. The third-order valence-corrected chi connectivity index (χ3v) is 2.58. The van der Waals surface area contributed by atoms with Crippen molar-refractivity contribution in [2.24, 2.45) is 0 Å². The number of methoxy groups -OCH3 is 1. The third kappa shape index (κ3) is 3.66. The van der Waals surface area contributed by atoms with Crippen LogP contribution in [0.3, 0.4) is 0 Å². The average Bonchev–Trinajstić information content (AvgIpc) is 2.37. The number of hydrogen-bond acceptors (Lipinski definition) is 5. The highest BCUT2D eigenvalue weighted by Crippen LogP contribution is 2.05. The summed E-state index contributed by atoms with van der Waals surface area (Å²) < 4.78 is 4.45. The number of rotatable bonds is 4. The molecular weight excluding hydrogens is 258 g/mol. The first-order valence-electron chi connectivity index (χ1n) is 5.26. The molecule has 0 bridgehead atoms. The van der Waals surface area contributed by atoms with Crippen molar-refractivity contribution in [1.82, 2.24) is 15.5 Å². The SMILES string of the molecule is COC(=O)C(Cl)CNC(=O)c1cc(C)nnc1C. The number of hydrogen-bond donors (Lipinski definition) is 1. The monoisotopic (exact) mass is 271 g/mol. The quantitative estimate of drug-likeness (QED) is 0.641. The molecule has 1 heterocycles. The molecule has 6 nitrogen and oxygen atoms in total. The van der Waals surface area contributed by atoms with E-state index in [-0.39, 0.29) is 12.5 Å². The minimum Gasteiger partial charge on any atom is -0.468 e. The molecule has 1 amide bonds. The molecule has 1 aromatic heterocycles. The molecule has 7 heteroatoms. The number of amides is 1. The number of nitrogens with one attached hydrogen (secondary N) is 1. The Kier molecular flexibility index (Phi) is 5.03. The molecule has 0 saturated carbocycles. The Balaban J connectivity index is 2.66. The second kappa shape index (κ2) is 6.30.